The van der Waals surface area contributed by atoms with Crippen molar-refractivity contribution in [2.75, 3.05) is 13.2 Å². The van der Waals surface area contributed by atoms with Crippen LogP contribution in [0.25, 0.3) is 0 Å². The van der Waals surface area contributed by atoms with Crippen LogP contribution in [-0.4, -0.2) is 24.0 Å². The van der Waals surface area contributed by atoms with Crippen LogP contribution >= 0.6 is 0 Å². The molecule has 3 nitrogen and oxygen atoms in total. The summed E-state index contributed by atoms with van der Waals surface area (Å²) in [6.07, 6.45) is 0. The zero-order chi connectivity index (χ0) is 6.57. The molecule has 9 heavy (non-hydrogen) atoms. The molecule has 0 aromatic heterocycles. The van der Waals surface area contributed by atoms with E-state index in [2.05, 4.69) is 0 Å². The fraction of sp³-hybridized carbons (Fsp3) is 0.833. The van der Waals surface area contributed by atoms with Crippen LogP contribution in [-0.2, 0) is 4.79 Å². The molecule has 0 aliphatic rings. The van der Waals surface area contributed by atoms with Crippen LogP contribution in [0.2, 0.25) is 0 Å². The molecule has 56 valence electrons. The molecule has 0 aliphatic heterocycles. The molecule has 0 amide bonds. The van der Waals surface area contributed by atoms with E-state index in [0.717, 1.165) is 0 Å². The molecule has 0 fully saturated rings. The molecule has 1 atom stereocenters. The van der Waals surface area contributed by atoms with E-state index in [1.54, 1.807) is 0 Å². The summed E-state index contributed by atoms with van der Waals surface area (Å²) < 4.78 is 0. The highest BCUT2D eigenvalue weighted by atomic mass is 16.3. The smallest absolute Gasteiger partial charge is 0.136 e. The number of hydrogen-bond donors (Lipinski definition) is 2. The lowest BCUT2D eigenvalue weighted by Crippen LogP contribution is -2.24. The van der Waals surface area contributed by atoms with E-state index in [9.17, 15) is 4.79 Å². The van der Waals surface area contributed by atoms with Gasteiger partial charge in [-0.25, -0.2) is 0 Å². The zero-order valence-corrected chi connectivity index (χ0v) is 4.92. The third kappa shape index (κ3) is 4.12. The van der Waals surface area contributed by atoms with Gasteiger partial charge in [-0.3, -0.25) is 4.79 Å². The molecule has 1 unspecified atom stereocenters. The van der Waals surface area contributed by atoms with Crippen molar-refractivity contribution in [3.8, 4) is 0 Å². The first-order chi connectivity index (χ1) is 3.72. The molecule has 0 radical (unpaired) electrons. The molecule has 0 saturated heterocycles. The Morgan fingerprint density at radius 1 is 1.78 bits per heavy atom. The quantitative estimate of drug-likeness (QED) is 0.559. The number of rotatable bonds is 3. The average Bonchev–Trinajstić information content (AvgIpc) is 1.69. The SMILES string of the molecule is C.CC(=O)C(CN)CO. The number of aliphatic hydroxyl groups is 1. The zero-order valence-electron chi connectivity index (χ0n) is 4.92. The lowest BCUT2D eigenvalue weighted by Gasteiger charge is -2.03. The molecule has 0 rings (SSSR count). The van der Waals surface area contributed by atoms with E-state index < -0.39 is 0 Å². The maximum Gasteiger partial charge on any atom is 0.136 e. The van der Waals surface area contributed by atoms with Gasteiger partial charge in [0.25, 0.3) is 0 Å². The van der Waals surface area contributed by atoms with Gasteiger partial charge in [0.15, 0.2) is 0 Å². The van der Waals surface area contributed by atoms with Crippen molar-refractivity contribution >= 4 is 5.78 Å². The van der Waals surface area contributed by atoms with Gasteiger partial charge in [0.1, 0.15) is 5.78 Å². The van der Waals surface area contributed by atoms with Gasteiger partial charge in [0.05, 0.1) is 12.5 Å². The number of carbonyl (C=O) groups is 1. The standard InChI is InChI=1S/C5H11NO2.CH4/c1-4(8)5(2-6)3-7;/h5,7H,2-3,6H2,1H3;1H4. The van der Waals surface area contributed by atoms with Crippen molar-refractivity contribution in [3.63, 3.8) is 0 Å². The Balaban J connectivity index is 0. The van der Waals surface area contributed by atoms with E-state index in [-0.39, 0.29) is 32.3 Å². The highest BCUT2D eigenvalue weighted by Gasteiger charge is 2.08. The van der Waals surface area contributed by atoms with E-state index in [4.69, 9.17) is 10.8 Å². The predicted molar refractivity (Wildman–Crippen MR) is 37.0 cm³/mol. The second kappa shape index (κ2) is 5.72. The van der Waals surface area contributed by atoms with Crippen molar-refractivity contribution in [1.82, 2.24) is 0 Å². The second-order valence-corrected chi connectivity index (χ2v) is 1.73. The van der Waals surface area contributed by atoms with E-state index in [1.807, 2.05) is 0 Å². The van der Waals surface area contributed by atoms with Crippen LogP contribution in [0.5, 0.6) is 0 Å². The fourth-order valence-corrected chi connectivity index (χ4v) is 0.369. The van der Waals surface area contributed by atoms with Gasteiger partial charge in [-0.15, -0.1) is 0 Å². The Morgan fingerprint density at radius 2 is 2.22 bits per heavy atom. The monoisotopic (exact) mass is 133 g/mol. The maximum absolute atomic E-state index is 10.4. The van der Waals surface area contributed by atoms with Crippen molar-refractivity contribution in [2.24, 2.45) is 11.7 Å². The van der Waals surface area contributed by atoms with Crippen molar-refractivity contribution in [1.29, 1.82) is 0 Å². The average molecular weight is 133 g/mol. The Kier molecular flexibility index (Phi) is 7.24. The van der Waals surface area contributed by atoms with Crippen LogP contribution in [0.4, 0.5) is 0 Å². The van der Waals surface area contributed by atoms with Crippen molar-refractivity contribution in [2.45, 2.75) is 14.4 Å². The normalized spacial score (nSPS) is 11.9. The number of ketones is 1. The largest absolute Gasteiger partial charge is 0.396 e. The first-order valence-electron chi connectivity index (χ1n) is 2.53. The summed E-state index contributed by atoms with van der Waals surface area (Å²) in [5.74, 6) is -0.398. The van der Waals surface area contributed by atoms with Gasteiger partial charge < -0.3 is 10.8 Å². The third-order valence-electron chi connectivity index (χ3n) is 1.08. The van der Waals surface area contributed by atoms with E-state index >= 15 is 0 Å². The van der Waals surface area contributed by atoms with Gasteiger partial charge in [0.2, 0.25) is 0 Å². The third-order valence-corrected chi connectivity index (χ3v) is 1.08. The highest BCUT2D eigenvalue weighted by Crippen LogP contribution is 1.91. The molecule has 3 heteroatoms. The second-order valence-electron chi connectivity index (χ2n) is 1.73. The summed E-state index contributed by atoms with van der Waals surface area (Å²) >= 11 is 0. The lowest BCUT2D eigenvalue weighted by molar-refractivity contribution is -0.121. The predicted octanol–water partition coefficient (Wildman–Crippen LogP) is -0.221. The molecule has 0 heterocycles. The molecule has 0 aromatic carbocycles. The maximum atomic E-state index is 10.4. The van der Waals surface area contributed by atoms with E-state index in [0.29, 0.717) is 0 Å². The topological polar surface area (TPSA) is 63.3 Å². The number of hydrogen-bond acceptors (Lipinski definition) is 3. The summed E-state index contributed by atoms with van der Waals surface area (Å²) in [5.41, 5.74) is 5.10. The number of Topliss-reactive ketones (excluding diaryl/α,β-unsaturated/α-hetero) is 1. The molecule has 0 bridgehead atoms. The lowest BCUT2D eigenvalue weighted by atomic mass is 10.1. The van der Waals surface area contributed by atoms with E-state index in [1.165, 1.54) is 6.92 Å². The minimum atomic E-state index is -0.352. The number of nitrogens with two attached hydrogens (primary N) is 1. The summed E-state index contributed by atoms with van der Waals surface area (Å²) in [5, 5.41) is 8.40. The highest BCUT2D eigenvalue weighted by molar-refractivity contribution is 5.78. The minimum Gasteiger partial charge on any atom is -0.396 e. The molecule has 0 aromatic rings. The molecular formula is C6H15NO2. The Morgan fingerprint density at radius 3 is 2.22 bits per heavy atom. The summed E-state index contributed by atoms with van der Waals surface area (Å²) in [4.78, 5) is 10.4. The van der Waals surface area contributed by atoms with Crippen molar-refractivity contribution < 1.29 is 9.90 Å². The van der Waals surface area contributed by atoms with Crippen LogP contribution in [0, 0.1) is 5.92 Å². The van der Waals surface area contributed by atoms with Gasteiger partial charge in [-0.1, -0.05) is 7.43 Å². The minimum absolute atomic E-state index is 0. The van der Waals surface area contributed by atoms with Crippen LogP contribution < -0.4 is 5.73 Å². The van der Waals surface area contributed by atoms with Crippen LogP contribution in [0.3, 0.4) is 0 Å². The first kappa shape index (κ1) is 11.4. The molecule has 3 N–H and O–H groups in total. The van der Waals surface area contributed by atoms with Gasteiger partial charge >= 0.3 is 0 Å². The Bertz CT molecular complexity index is 79.1. The first-order valence-corrected chi connectivity index (χ1v) is 2.53. The summed E-state index contributed by atoms with van der Waals surface area (Å²) in [6.45, 7) is 1.53. The molecule has 0 saturated carbocycles. The van der Waals surface area contributed by atoms with Crippen molar-refractivity contribution in [3.05, 3.63) is 0 Å². The molecule has 0 spiro atoms. The number of carbonyl (C=O) groups excluding carboxylic acids is 1. The Labute approximate surface area is 55.9 Å². The van der Waals surface area contributed by atoms with Crippen LogP contribution in [0.1, 0.15) is 14.4 Å². The van der Waals surface area contributed by atoms with Crippen LogP contribution in [0.15, 0.2) is 0 Å². The summed E-state index contributed by atoms with van der Waals surface area (Å²) in [7, 11) is 0. The molecule has 0 aliphatic carbocycles. The fourth-order valence-electron chi connectivity index (χ4n) is 0.369. The molecular weight excluding hydrogens is 118 g/mol. The number of aliphatic hydroxyl groups excluding tert-OH is 1. The van der Waals surface area contributed by atoms with Gasteiger partial charge in [0, 0.05) is 6.54 Å². The van der Waals surface area contributed by atoms with Gasteiger partial charge in [-0.2, -0.15) is 0 Å². The summed E-state index contributed by atoms with van der Waals surface area (Å²) in [6, 6.07) is 0. The van der Waals surface area contributed by atoms with Gasteiger partial charge in [-0.05, 0) is 6.92 Å². The Hall–Kier alpha value is -0.410.